The monoisotopic (exact) mass is 292 g/mol. The summed E-state index contributed by atoms with van der Waals surface area (Å²) >= 11 is 0. The van der Waals surface area contributed by atoms with E-state index in [9.17, 15) is 9.59 Å². The van der Waals surface area contributed by atoms with Crippen molar-refractivity contribution in [2.24, 2.45) is 0 Å². The number of nitriles is 1. The Hall–Kier alpha value is -3.13. The molecule has 0 fully saturated rings. The molecule has 108 valence electrons. The molecule has 0 radical (unpaired) electrons. The first-order valence-electron chi connectivity index (χ1n) is 6.68. The maximum absolute atomic E-state index is 12.3. The number of methoxy groups -OCH3 is 1. The second-order valence-electron chi connectivity index (χ2n) is 4.89. The van der Waals surface area contributed by atoms with Crippen LogP contribution in [0.15, 0.2) is 42.5 Å². The first kappa shape index (κ1) is 13.8. The summed E-state index contributed by atoms with van der Waals surface area (Å²) in [5.74, 6) is -0.154. The Kier molecular flexibility index (Phi) is 3.36. The summed E-state index contributed by atoms with van der Waals surface area (Å²) in [4.78, 5) is 25.8. The van der Waals surface area contributed by atoms with Gasteiger partial charge in [-0.25, -0.2) is 0 Å². The smallest absolute Gasteiger partial charge is 0.261 e. The van der Waals surface area contributed by atoms with Gasteiger partial charge in [-0.05, 0) is 29.8 Å². The van der Waals surface area contributed by atoms with Gasteiger partial charge in [-0.2, -0.15) is 5.26 Å². The number of imide groups is 1. The quantitative estimate of drug-likeness (QED) is 0.814. The van der Waals surface area contributed by atoms with E-state index in [-0.39, 0.29) is 18.4 Å². The van der Waals surface area contributed by atoms with Crippen LogP contribution in [-0.4, -0.2) is 23.8 Å². The van der Waals surface area contributed by atoms with Crippen molar-refractivity contribution in [2.45, 2.75) is 6.54 Å². The normalized spacial score (nSPS) is 13.0. The molecule has 5 nitrogen and oxygen atoms in total. The summed E-state index contributed by atoms with van der Waals surface area (Å²) in [6, 6.07) is 13.8. The van der Waals surface area contributed by atoms with Crippen molar-refractivity contribution >= 4 is 11.8 Å². The number of hydrogen-bond donors (Lipinski definition) is 0. The predicted molar refractivity (Wildman–Crippen MR) is 78.4 cm³/mol. The SMILES string of the molecule is COc1ccc(CN2C(=O)c3ccccc3C2=O)cc1C#N. The van der Waals surface area contributed by atoms with Crippen LogP contribution in [0.4, 0.5) is 0 Å². The van der Waals surface area contributed by atoms with Crippen LogP contribution in [0.3, 0.4) is 0 Å². The van der Waals surface area contributed by atoms with Crippen molar-refractivity contribution < 1.29 is 14.3 Å². The van der Waals surface area contributed by atoms with Crippen molar-refractivity contribution in [3.05, 3.63) is 64.7 Å². The van der Waals surface area contributed by atoms with Crippen molar-refractivity contribution in [1.29, 1.82) is 5.26 Å². The molecule has 2 aromatic carbocycles. The number of benzene rings is 2. The first-order chi connectivity index (χ1) is 10.7. The molecule has 0 N–H and O–H groups in total. The lowest BCUT2D eigenvalue weighted by Crippen LogP contribution is -2.29. The second kappa shape index (κ2) is 5.34. The van der Waals surface area contributed by atoms with Crippen LogP contribution < -0.4 is 4.74 Å². The van der Waals surface area contributed by atoms with Gasteiger partial charge in [0.05, 0.1) is 30.3 Å². The molecule has 0 saturated carbocycles. The molecule has 0 aliphatic carbocycles. The minimum Gasteiger partial charge on any atom is -0.495 e. The highest BCUT2D eigenvalue weighted by molar-refractivity contribution is 6.21. The molecule has 0 atom stereocenters. The van der Waals surface area contributed by atoms with Crippen LogP contribution in [0.25, 0.3) is 0 Å². The molecule has 0 unspecified atom stereocenters. The summed E-state index contributed by atoms with van der Waals surface area (Å²) in [5, 5.41) is 9.10. The maximum Gasteiger partial charge on any atom is 0.261 e. The molecular weight excluding hydrogens is 280 g/mol. The van der Waals surface area contributed by atoms with Crippen LogP contribution in [0.1, 0.15) is 31.8 Å². The molecule has 2 amide bonds. The highest BCUT2D eigenvalue weighted by Crippen LogP contribution is 2.26. The van der Waals surface area contributed by atoms with E-state index in [0.29, 0.717) is 28.0 Å². The van der Waals surface area contributed by atoms with Crippen LogP contribution in [-0.2, 0) is 6.54 Å². The van der Waals surface area contributed by atoms with Crippen LogP contribution in [0.2, 0.25) is 0 Å². The zero-order valence-corrected chi connectivity index (χ0v) is 11.9. The summed E-state index contributed by atoms with van der Waals surface area (Å²) in [7, 11) is 1.49. The molecule has 2 aromatic rings. The van der Waals surface area contributed by atoms with Gasteiger partial charge in [-0.3, -0.25) is 14.5 Å². The Morgan fingerprint density at radius 1 is 1.09 bits per heavy atom. The molecule has 3 rings (SSSR count). The molecule has 1 heterocycles. The van der Waals surface area contributed by atoms with Gasteiger partial charge in [0.2, 0.25) is 0 Å². The van der Waals surface area contributed by atoms with Gasteiger partial charge in [0.15, 0.2) is 0 Å². The molecule has 22 heavy (non-hydrogen) atoms. The molecule has 0 spiro atoms. The van der Waals surface area contributed by atoms with E-state index in [0.717, 1.165) is 0 Å². The zero-order chi connectivity index (χ0) is 15.7. The van der Waals surface area contributed by atoms with Gasteiger partial charge in [0.1, 0.15) is 11.8 Å². The summed E-state index contributed by atoms with van der Waals surface area (Å²) in [6.07, 6.45) is 0. The Bertz CT molecular complexity index is 786. The third-order valence-electron chi connectivity index (χ3n) is 3.60. The maximum atomic E-state index is 12.3. The van der Waals surface area contributed by atoms with Gasteiger partial charge < -0.3 is 4.74 Å². The Morgan fingerprint density at radius 3 is 2.27 bits per heavy atom. The van der Waals surface area contributed by atoms with Gasteiger partial charge in [0.25, 0.3) is 11.8 Å². The summed E-state index contributed by atoms with van der Waals surface area (Å²) < 4.78 is 5.08. The fourth-order valence-electron chi connectivity index (χ4n) is 2.51. The summed E-state index contributed by atoms with van der Waals surface area (Å²) in [6.45, 7) is 0.130. The van der Waals surface area contributed by atoms with E-state index in [1.54, 1.807) is 42.5 Å². The molecule has 0 aromatic heterocycles. The van der Waals surface area contributed by atoms with Gasteiger partial charge >= 0.3 is 0 Å². The highest BCUT2D eigenvalue weighted by atomic mass is 16.5. The van der Waals surface area contributed by atoms with E-state index >= 15 is 0 Å². The minimum absolute atomic E-state index is 0.130. The van der Waals surface area contributed by atoms with Crippen molar-refractivity contribution in [3.8, 4) is 11.8 Å². The molecule has 0 saturated heterocycles. The number of carbonyl (C=O) groups excluding carboxylic acids is 2. The lowest BCUT2D eigenvalue weighted by Gasteiger charge is -2.14. The molecule has 1 aliphatic heterocycles. The number of fused-ring (bicyclic) bond motifs is 1. The second-order valence-corrected chi connectivity index (χ2v) is 4.89. The van der Waals surface area contributed by atoms with Gasteiger partial charge in [-0.15, -0.1) is 0 Å². The van der Waals surface area contributed by atoms with Crippen molar-refractivity contribution in [1.82, 2.24) is 4.90 Å². The standard InChI is InChI=1S/C17H12N2O3/c1-22-15-7-6-11(8-12(15)9-18)10-19-16(20)13-4-2-3-5-14(13)17(19)21/h2-8H,10H2,1H3. The molecular formula is C17H12N2O3. The summed E-state index contributed by atoms with van der Waals surface area (Å²) in [5.41, 5.74) is 1.91. The Morgan fingerprint density at radius 2 is 1.73 bits per heavy atom. The van der Waals surface area contributed by atoms with Gasteiger partial charge in [-0.1, -0.05) is 18.2 Å². The number of hydrogen-bond acceptors (Lipinski definition) is 4. The van der Waals surface area contributed by atoms with Crippen LogP contribution >= 0.6 is 0 Å². The molecule has 1 aliphatic rings. The average molecular weight is 292 g/mol. The van der Waals surface area contributed by atoms with Gasteiger partial charge in [0, 0.05) is 0 Å². The fourth-order valence-corrected chi connectivity index (χ4v) is 2.51. The third-order valence-corrected chi connectivity index (χ3v) is 3.60. The zero-order valence-electron chi connectivity index (χ0n) is 11.9. The predicted octanol–water partition coefficient (Wildman–Crippen LogP) is 2.36. The van der Waals surface area contributed by atoms with E-state index in [4.69, 9.17) is 10.00 Å². The van der Waals surface area contributed by atoms with Crippen LogP contribution in [0.5, 0.6) is 5.75 Å². The van der Waals surface area contributed by atoms with E-state index in [2.05, 4.69) is 0 Å². The van der Waals surface area contributed by atoms with Crippen molar-refractivity contribution in [2.75, 3.05) is 7.11 Å². The largest absolute Gasteiger partial charge is 0.495 e. The van der Waals surface area contributed by atoms with Crippen LogP contribution in [0, 0.1) is 11.3 Å². The van der Waals surface area contributed by atoms with E-state index in [1.807, 2.05) is 6.07 Å². The number of carbonyl (C=O) groups is 2. The third kappa shape index (κ3) is 2.11. The Labute approximate surface area is 127 Å². The van der Waals surface area contributed by atoms with Crippen molar-refractivity contribution in [3.63, 3.8) is 0 Å². The van der Waals surface area contributed by atoms with E-state index in [1.165, 1.54) is 12.0 Å². The lowest BCUT2D eigenvalue weighted by atomic mass is 10.1. The number of rotatable bonds is 3. The lowest BCUT2D eigenvalue weighted by molar-refractivity contribution is 0.0642. The molecule has 0 bridgehead atoms. The topological polar surface area (TPSA) is 70.4 Å². The number of amides is 2. The molecule has 5 heteroatoms. The van der Waals surface area contributed by atoms with E-state index < -0.39 is 0 Å². The average Bonchev–Trinajstić information content (AvgIpc) is 2.80. The Balaban J connectivity index is 1.91. The first-order valence-corrected chi connectivity index (χ1v) is 6.68. The number of ether oxygens (including phenoxy) is 1. The fraction of sp³-hybridized carbons (Fsp3) is 0.118. The number of nitrogens with zero attached hydrogens (tertiary/aromatic N) is 2. The minimum atomic E-state index is -0.310. The highest BCUT2D eigenvalue weighted by Gasteiger charge is 2.34.